The molecule has 1 aliphatic heterocycles. The Bertz CT molecular complexity index is 429. The van der Waals surface area contributed by atoms with E-state index in [2.05, 4.69) is 48.5 Å². The lowest BCUT2D eigenvalue weighted by atomic mass is 9.83. The van der Waals surface area contributed by atoms with Gasteiger partial charge in [0.2, 0.25) is 0 Å². The second-order valence-corrected chi connectivity index (χ2v) is 6.39. The van der Waals surface area contributed by atoms with Crippen LogP contribution in [0.4, 0.5) is 5.69 Å². The maximum atomic E-state index is 3.61. The summed E-state index contributed by atoms with van der Waals surface area (Å²) < 4.78 is 0. The molecular weight excluding hydrogens is 232 g/mol. The van der Waals surface area contributed by atoms with Crippen LogP contribution in [-0.2, 0) is 6.42 Å². The molecule has 2 heteroatoms. The largest absolute Gasteiger partial charge is 0.383 e. The van der Waals surface area contributed by atoms with E-state index in [0.717, 1.165) is 18.5 Å². The van der Waals surface area contributed by atoms with Gasteiger partial charge in [-0.2, -0.15) is 0 Å². The Balaban J connectivity index is 1.70. The van der Waals surface area contributed by atoms with E-state index < -0.39 is 0 Å². The van der Waals surface area contributed by atoms with Crippen LogP contribution in [0.2, 0.25) is 0 Å². The van der Waals surface area contributed by atoms with Crippen molar-refractivity contribution in [1.29, 1.82) is 0 Å². The molecule has 2 nitrogen and oxygen atoms in total. The van der Waals surface area contributed by atoms with Crippen molar-refractivity contribution in [2.24, 2.45) is 5.92 Å². The van der Waals surface area contributed by atoms with Crippen molar-refractivity contribution in [3.63, 3.8) is 0 Å². The summed E-state index contributed by atoms with van der Waals surface area (Å²) in [6.45, 7) is 3.53. The van der Waals surface area contributed by atoms with Gasteiger partial charge in [0.1, 0.15) is 0 Å². The summed E-state index contributed by atoms with van der Waals surface area (Å²) in [5.74, 6) is 0.857. The molecule has 0 amide bonds. The minimum Gasteiger partial charge on any atom is -0.383 e. The van der Waals surface area contributed by atoms with Gasteiger partial charge < -0.3 is 5.32 Å². The molecule has 0 aromatic heterocycles. The fourth-order valence-corrected chi connectivity index (χ4v) is 3.89. The molecule has 1 saturated carbocycles. The number of nitrogens with one attached hydrogen (secondary N) is 1. The lowest BCUT2D eigenvalue weighted by Gasteiger charge is -2.42. The van der Waals surface area contributed by atoms with Crippen molar-refractivity contribution < 1.29 is 0 Å². The van der Waals surface area contributed by atoms with Gasteiger partial charge in [-0.3, -0.25) is 4.90 Å². The zero-order valence-corrected chi connectivity index (χ0v) is 12.2. The molecule has 3 unspecified atom stereocenters. The number of rotatable bonds is 2. The normalized spacial score (nSPS) is 30.8. The molecule has 2 aliphatic rings. The van der Waals surface area contributed by atoms with E-state index in [0.29, 0.717) is 6.04 Å². The molecule has 1 heterocycles. The molecule has 1 aromatic carbocycles. The predicted molar refractivity (Wildman–Crippen MR) is 81.6 cm³/mol. The Hall–Kier alpha value is -1.02. The van der Waals surface area contributed by atoms with Crippen molar-refractivity contribution in [2.75, 3.05) is 18.9 Å². The summed E-state index contributed by atoms with van der Waals surface area (Å²) >= 11 is 0. The molecule has 1 aromatic rings. The number of para-hydroxylation sites is 1. The zero-order chi connectivity index (χ0) is 13.2. The Morgan fingerprint density at radius 2 is 1.95 bits per heavy atom. The molecule has 0 bridgehead atoms. The highest BCUT2D eigenvalue weighted by atomic mass is 15.2. The van der Waals surface area contributed by atoms with Gasteiger partial charge in [0.05, 0.1) is 0 Å². The van der Waals surface area contributed by atoms with Gasteiger partial charge in [-0.05, 0) is 43.9 Å². The van der Waals surface area contributed by atoms with Crippen LogP contribution in [0, 0.1) is 5.92 Å². The van der Waals surface area contributed by atoms with Crippen LogP contribution in [0.25, 0.3) is 0 Å². The number of hydrogen-bond donors (Lipinski definition) is 1. The average Bonchev–Trinajstić information content (AvgIpc) is 2.46. The third-order valence-electron chi connectivity index (χ3n) is 5.17. The van der Waals surface area contributed by atoms with Gasteiger partial charge in [-0.1, -0.05) is 38.0 Å². The molecule has 19 heavy (non-hydrogen) atoms. The molecule has 3 atom stereocenters. The number of likely N-dealkylation sites (N-methyl/N-ethyl adjacent to an activating group) is 1. The molecule has 1 N–H and O–H groups in total. The predicted octanol–water partition coefficient (Wildman–Crippen LogP) is 3.53. The van der Waals surface area contributed by atoms with Crippen molar-refractivity contribution in [2.45, 2.75) is 51.1 Å². The van der Waals surface area contributed by atoms with Crippen molar-refractivity contribution in [3.05, 3.63) is 29.8 Å². The summed E-state index contributed by atoms with van der Waals surface area (Å²) in [6.07, 6.45) is 6.83. The Morgan fingerprint density at radius 1 is 1.16 bits per heavy atom. The number of anilines is 1. The molecule has 0 radical (unpaired) electrons. The van der Waals surface area contributed by atoms with Gasteiger partial charge in [0.25, 0.3) is 0 Å². The highest BCUT2D eigenvalue weighted by Crippen LogP contribution is 2.31. The third-order valence-corrected chi connectivity index (χ3v) is 5.17. The lowest BCUT2D eigenvalue weighted by molar-refractivity contribution is 0.0996. The van der Waals surface area contributed by atoms with Crippen molar-refractivity contribution >= 4 is 5.69 Å². The maximum Gasteiger partial charge on any atom is 0.0373 e. The van der Waals surface area contributed by atoms with Crippen molar-refractivity contribution in [3.8, 4) is 0 Å². The summed E-state index contributed by atoms with van der Waals surface area (Å²) in [5, 5.41) is 3.61. The van der Waals surface area contributed by atoms with Gasteiger partial charge in [0, 0.05) is 24.3 Å². The number of benzene rings is 1. The van der Waals surface area contributed by atoms with Gasteiger partial charge in [-0.25, -0.2) is 0 Å². The number of nitrogens with zero attached hydrogens (tertiary/aromatic N) is 1. The summed E-state index contributed by atoms with van der Waals surface area (Å²) in [4.78, 5) is 2.66. The van der Waals surface area contributed by atoms with Crippen LogP contribution in [0.15, 0.2) is 24.3 Å². The first-order valence-electron chi connectivity index (χ1n) is 7.79. The van der Waals surface area contributed by atoms with Crippen LogP contribution in [0.3, 0.4) is 0 Å². The molecule has 3 rings (SSSR count). The highest BCUT2D eigenvalue weighted by Gasteiger charge is 2.30. The fourth-order valence-electron chi connectivity index (χ4n) is 3.89. The molecule has 1 fully saturated rings. The maximum absolute atomic E-state index is 3.61. The minimum atomic E-state index is 0.653. The first-order chi connectivity index (χ1) is 9.25. The van der Waals surface area contributed by atoms with Crippen LogP contribution in [-0.4, -0.2) is 30.6 Å². The van der Waals surface area contributed by atoms with Crippen LogP contribution in [0.1, 0.15) is 38.2 Å². The number of fused-ring (bicyclic) bond motifs is 1. The van der Waals surface area contributed by atoms with E-state index in [1.165, 1.54) is 43.4 Å². The highest BCUT2D eigenvalue weighted by molar-refractivity contribution is 5.53. The Kier molecular flexibility index (Phi) is 3.79. The average molecular weight is 258 g/mol. The fraction of sp³-hybridized carbons (Fsp3) is 0.647. The smallest absolute Gasteiger partial charge is 0.0373 e. The number of hydrogen-bond acceptors (Lipinski definition) is 2. The van der Waals surface area contributed by atoms with Gasteiger partial charge in [0.15, 0.2) is 0 Å². The standard InChI is InChI=1S/C17H26N2/c1-13-7-3-6-10-17(13)19(2)15-11-14-8-4-5-9-16(14)18-12-15/h4-5,8-9,13,15,17-18H,3,6-7,10-12H2,1-2H3. The summed E-state index contributed by atoms with van der Waals surface area (Å²) in [7, 11) is 2.34. The van der Waals surface area contributed by atoms with E-state index in [4.69, 9.17) is 0 Å². The second-order valence-electron chi connectivity index (χ2n) is 6.39. The second kappa shape index (κ2) is 5.54. The SMILES string of the molecule is CC1CCCCC1N(C)C1CNc2ccccc2C1. The first-order valence-corrected chi connectivity index (χ1v) is 7.79. The molecule has 1 aliphatic carbocycles. The van der Waals surface area contributed by atoms with Crippen LogP contribution in [0.5, 0.6) is 0 Å². The van der Waals surface area contributed by atoms with E-state index in [1.807, 2.05) is 0 Å². The minimum absolute atomic E-state index is 0.653. The molecule has 104 valence electrons. The van der Waals surface area contributed by atoms with E-state index in [9.17, 15) is 0 Å². The molecule has 0 saturated heterocycles. The third kappa shape index (κ3) is 2.64. The van der Waals surface area contributed by atoms with E-state index in [1.54, 1.807) is 0 Å². The van der Waals surface area contributed by atoms with E-state index >= 15 is 0 Å². The van der Waals surface area contributed by atoms with Gasteiger partial charge in [-0.15, -0.1) is 0 Å². The lowest BCUT2D eigenvalue weighted by Crippen LogP contribution is -2.49. The topological polar surface area (TPSA) is 15.3 Å². The first kappa shape index (κ1) is 13.0. The van der Waals surface area contributed by atoms with Crippen molar-refractivity contribution in [1.82, 2.24) is 4.90 Å². The van der Waals surface area contributed by atoms with Crippen LogP contribution < -0.4 is 5.32 Å². The zero-order valence-electron chi connectivity index (χ0n) is 12.2. The van der Waals surface area contributed by atoms with Crippen LogP contribution >= 0.6 is 0 Å². The monoisotopic (exact) mass is 258 g/mol. The Morgan fingerprint density at radius 3 is 2.79 bits per heavy atom. The van der Waals surface area contributed by atoms with E-state index in [-0.39, 0.29) is 0 Å². The summed E-state index contributed by atoms with van der Waals surface area (Å²) in [6, 6.07) is 10.2. The Labute approximate surface area is 117 Å². The molecule has 0 spiro atoms. The van der Waals surface area contributed by atoms with Gasteiger partial charge >= 0.3 is 0 Å². The molecular formula is C17H26N2. The summed E-state index contributed by atoms with van der Waals surface area (Å²) in [5.41, 5.74) is 2.82. The quantitative estimate of drug-likeness (QED) is 0.873.